The molecule has 1 unspecified atom stereocenters. The molecule has 1 heterocycles. The molecule has 0 bridgehead atoms. The fourth-order valence-corrected chi connectivity index (χ4v) is 11.7. The van der Waals surface area contributed by atoms with Gasteiger partial charge in [0, 0.05) is 28.1 Å². The number of fused-ring (bicyclic) bond motifs is 12. The number of rotatable bonds is 6. The maximum atomic E-state index is 6.78. The summed E-state index contributed by atoms with van der Waals surface area (Å²) in [7, 11) is 0. The van der Waals surface area contributed by atoms with Gasteiger partial charge in [-0.3, -0.25) is 0 Å². The van der Waals surface area contributed by atoms with E-state index in [2.05, 4.69) is 242 Å². The van der Waals surface area contributed by atoms with Crippen molar-refractivity contribution in [3.63, 3.8) is 0 Å². The van der Waals surface area contributed by atoms with Crippen LogP contribution in [0.5, 0.6) is 5.75 Å². The van der Waals surface area contributed by atoms with E-state index in [4.69, 9.17) is 4.74 Å². The van der Waals surface area contributed by atoms with Crippen molar-refractivity contribution >= 4 is 17.1 Å². The first-order valence-electron chi connectivity index (χ1n) is 22.5. The maximum Gasteiger partial charge on any atom is 0.132 e. The largest absolute Gasteiger partial charge is 0.457 e. The Balaban J connectivity index is 1.10. The molecule has 3 aliphatic carbocycles. The van der Waals surface area contributed by atoms with E-state index in [1.165, 1.54) is 77.9 Å². The molecule has 0 radical (unpaired) electrons. The van der Waals surface area contributed by atoms with Gasteiger partial charge in [-0.1, -0.05) is 194 Å². The Labute approximate surface area is 374 Å². The predicted molar refractivity (Wildman–Crippen MR) is 262 cm³/mol. The summed E-state index contributed by atoms with van der Waals surface area (Å²) in [5.74, 6) is 1.90. The molecule has 2 heteroatoms. The van der Waals surface area contributed by atoms with Gasteiger partial charge in [-0.2, -0.15) is 0 Å². The van der Waals surface area contributed by atoms with Crippen molar-refractivity contribution in [2.24, 2.45) is 0 Å². The monoisotopic (exact) mass is 817 g/mol. The van der Waals surface area contributed by atoms with Gasteiger partial charge in [0.15, 0.2) is 0 Å². The predicted octanol–water partition coefficient (Wildman–Crippen LogP) is 15.5. The Kier molecular flexibility index (Phi) is 8.20. The average Bonchev–Trinajstić information content (AvgIpc) is 3.84. The van der Waals surface area contributed by atoms with E-state index in [-0.39, 0.29) is 0 Å². The van der Waals surface area contributed by atoms with Crippen LogP contribution in [0.15, 0.2) is 248 Å². The Bertz CT molecular complexity index is 3310. The highest BCUT2D eigenvalue weighted by atomic mass is 16.5. The Morgan fingerprint density at radius 2 is 0.922 bits per heavy atom. The first-order valence-corrected chi connectivity index (χ1v) is 22.5. The molecular weight excluding hydrogens is 775 g/mol. The molecule has 1 spiro atoms. The van der Waals surface area contributed by atoms with Crippen molar-refractivity contribution in [1.82, 2.24) is 0 Å². The molecule has 0 saturated carbocycles. The lowest BCUT2D eigenvalue weighted by molar-refractivity contribution is 0.383. The Hall–Kier alpha value is -7.94. The second-order valence-corrected chi connectivity index (χ2v) is 17.4. The minimum absolute atomic E-state index is 0.529. The van der Waals surface area contributed by atoms with Crippen LogP contribution in [-0.2, 0) is 10.8 Å². The molecule has 64 heavy (non-hydrogen) atoms. The zero-order valence-electron chi connectivity index (χ0n) is 35.3. The van der Waals surface area contributed by atoms with E-state index in [1.54, 1.807) is 0 Å². The molecule has 4 aliphatic rings. The second kappa shape index (κ2) is 14.3. The summed E-state index contributed by atoms with van der Waals surface area (Å²) in [5.41, 5.74) is 19.8. The van der Waals surface area contributed by atoms with E-state index in [0.29, 0.717) is 0 Å². The van der Waals surface area contributed by atoms with Crippen LogP contribution in [0.1, 0.15) is 51.8 Å². The summed E-state index contributed by atoms with van der Waals surface area (Å²) in [4.78, 5) is 2.52. The van der Waals surface area contributed by atoms with Gasteiger partial charge in [0.25, 0.3) is 0 Å². The van der Waals surface area contributed by atoms with Crippen LogP contribution in [-0.4, -0.2) is 0 Å². The molecule has 1 atom stereocenters. The van der Waals surface area contributed by atoms with E-state index in [1.807, 2.05) is 0 Å². The van der Waals surface area contributed by atoms with Crippen LogP contribution in [0.2, 0.25) is 0 Å². The van der Waals surface area contributed by atoms with Crippen LogP contribution in [0.25, 0.3) is 33.4 Å². The summed E-state index contributed by atoms with van der Waals surface area (Å²) >= 11 is 0. The lowest BCUT2D eigenvalue weighted by Crippen LogP contribution is -2.36. The Morgan fingerprint density at radius 3 is 1.66 bits per heavy atom. The average molecular weight is 818 g/mol. The number of hydrogen-bond acceptors (Lipinski definition) is 2. The Morgan fingerprint density at radius 1 is 0.375 bits per heavy atom. The van der Waals surface area contributed by atoms with Crippen LogP contribution >= 0.6 is 0 Å². The molecule has 2 nitrogen and oxygen atoms in total. The molecule has 9 aromatic carbocycles. The third-order valence-corrected chi connectivity index (χ3v) is 14.2. The molecule has 9 aromatic rings. The third-order valence-electron chi connectivity index (χ3n) is 14.2. The van der Waals surface area contributed by atoms with E-state index < -0.39 is 10.8 Å². The van der Waals surface area contributed by atoms with Crippen LogP contribution < -0.4 is 9.64 Å². The van der Waals surface area contributed by atoms with Gasteiger partial charge in [0.1, 0.15) is 11.5 Å². The third kappa shape index (κ3) is 5.08. The van der Waals surface area contributed by atoms with Crippen molar-refractivity contribution in [2.45, 2.75) is 23.7 Å². The van der Waals surface area contributed by atoms with Crippen LogP contribution in [0, 0.1) is 0 Å². The fraction of sp³-hybridized carbons (Fsp3) is 0.0645. The van der Waals surface area contributed by atoms with Crippen molar-refractivity contribution in [3.8, 4) is 39.1 Å². The summed E-state index contributed by atoms with van der Waals surface area (Å²) in [6.45, 7) is 0. The van der Waals surface area contributed by atoms with Crippen LogP contribution in [0.4, 0.5) is 17.1 Å². The van der Waals surface area contributed by atoms with E-state index in [0.717, 1.165) is 41.4 Å². The first kappa shape index (κ1) is 36.7. The molecule has 0 amide bonds. The summed E-state index contributed by atoms with van der Waals surface area (Å²) in [5, 5.41) is 0. The first-order chi connectivity index (χ1) is 31.8. The zero-order chi connectivity index (χ0) is 42.2. The lowest BCUT2D eigenvalue weighted by Gasteiger charge is -2.42. The number of hydrogen-bond donors (Lipinski definition) is 0. The number of para-hydroxylation sites is 1. The quantitative estimate of drug-likeness (QED) is 0.166. The topological polar surface area (TPSA) is 12.5 Å². The van der Waals surface area contributed by atoms with Crippen molar-refractivity contribution < 1.29 is 4.74 Å². The molecule has 1 aliphatic heterocycles. The lowest BCUT2D eigenvalue weighted by atomic mass is 9.64. The summed E-state index contributed by atoms with van der Waals surface area (Å²) < 4.78 is 6.78. The molecule has 0 N–H and O–H groups in total. The smallest absolute Gasteiger partial charge is 0.132 e. The molecule has 13 rings (SSSR count). The minimum Gasteiger partial charge on any atom is -0.457 e. The number of anilines is 3. The molecule has 0 saturated heterocycles. The summed E-state index contributed by atoms with van der Waals surface area (Å²) in [6.07, 6.45) is 6.68. The summed E-state index contributed by atoms with van der Waals surface area (Å²) in [6, 6.07) is 83.0. The zero-order valence-corrected chi connectivity index (χ0v) is 35.3. The number of ether oxygens (including phenoxy) is 1. The van der Waals surface area contributed by atoms with Gasteiger partial charge < -0.3 is 9.64 Å². The van der Waals surface area contributed by atoms with Gasteiger partial charge in [-0.15, -0.1) is 0 Å². The SMILES string of the molecule is C1=C2Oc3ccccc3C3(C2=CCC1)c1ccccc1-c1ccc(N(c2ccc(-c4ccccc4)cc2)c2cccc4c2-c2ccccc2C4(c2ccccc2)c2ccccc2)cc13. The maximum absolute atomic E-state index is 6.78. The van der Waals surface area contributed by atoms with Gasteiger partial charge in [-0.05, 0) is 117 Å². The van der Waals surface area contributed by atoms with E-state index in [9.17, 15) is 0 Å². The van der Waals surface area contributed by atoms with Crippen molar-refractivity contribution in [2.75, 3.05) is 4.90 Å². The fourth-order valence-electron chi connectivity index (χ4n) is 11.7. The van der Waals surface area contributed by atoms with Crippen molar-refractivity contribution in [3.05, 3.63) is 287 Å². The highest BCUT2D eigenvalue weighted by molar-refractivity contribution is 5.99. The van der Waals surface area contributed by atoms with Gasteiger partial charge in [0.2, 0.25) is 0 Å². The van der Waals surface area contributed by atoms with Gasteiger partial charge in [-0.25, -0.2) is 0 Å². The van der Waals surface area contributed by atoms with E-state index >= 15 is 0 Å². The second-order valence-electron chi connectivity index (χ2n) is 17.4. The number of nitrogens with zero attached hydrogens (tertiary/aromatic N) is 1. The van der Waals surface area contributed by atoms with Crippen molar-refractivity contribution in [1.29, 1.82) is 0 Å². The normalized spacial score (nSPS) is 16.8. The standard InChI is InChI=1S/C62H43NO/c1-4-19-42(20-5-1)43-35-37-46(38-36-43)63(57-32-18-31-55-60(57)50-26-11-13-28-52(50)61(55,44-21-6-2-7-22-44)45-23-8-3-9-24-45)47-39-40-49-48-25-10-12-27-51(48)62(56(49)41-47)53-29-14-16-33-58(53)64-59-34-17-15-30-54(59)62/h1-14,16,18-41H,15,17H2. The molecule has 0 fully saturated rings. The minimum atomic E-state index is -0.549. The molecule has 0 aromatic heterocycles. The number of benzene rings is 9. The highest BCUT2D eigenvalue weighted by Gasteiger charge is 2.53. The van der Waals surface area contributed by atoms with Gasteiger partial charge in [0.05, 0.1) is 16.5 Å². The molecule has 302 valence electrons. The number of allylic oxidation sites excluding steroid dienone is 3. The molecular formula is C62H43NO. The van der Waals surface area contributed by atoms with Gasteiger partial charge >= 0.3 is 0 Å². The highest BCUT2D eigenvalue weighted by Crippen LogP contribution is 2.64. The van der Waals surface area contributed by atoms with Crippen LogP contribution in [0.3, 0.4) is 0 Å².